The van der Waals surface area contributed by atoms with E-state index in [1.54, 1.807) is 6.92 Å². The summed E-state index contributed by atoms with van der Waals surface area (Å²) in [7, 11) is 0. The lowest BCUT2D eigenvalue weighted by Gasteiger charge is -2.22. The molecule has 1 aromatic rings. The summed E-state index contributed by atoms with van der Waals surface area (Å²) >= 11 is 2.38. The number of rotatable bonds is 8. The number of carbonyl (C=O) groups excluding carboxylic acids is 3. The number of thioether (sulfide) groups is 1. The molecule has 0 saturated heterocycles. The minimum absolute atomic E-state index is 0.0995. The summed E-state index contributed by atoms with van der Waals surface area (Å²) in [6, 6.07) is -0.0645. The minimum atomic E-state index is -0.475. The van der Waals surface area contributed by atoms with E-state index in [9.17, 15) is 14.4 Å². The van der Waals surface area contributed by atoms with Crippen LogP contribution in [0, 0.1) is 0 Å². The zero-order valence-electron chi connectivity index (χ0n) is 14.6. The van der Waals surface area contributed by atoms with Crippen molar-refractivity contribution in [1.29, 1.82) is 0 Å². The van der Waals surface area contributed by atoms with E-state index in [0.29, 0.717) is 9.47 Å². The molecule has 11 heteroatoms. The SMILES string of the molecule is CCOC(=O)CNC(=O)CSc1nnc(NC(=O)NC2CCCCC2)s1. The Hall–Kier alpha value is -1.88. The van der Waals surface area contributed by atoms with Gasteiger partial charge in [-0.05, 0) is 19.8 Å². The first-order chi connectivity index (χ1) is 12.6. The lowest BCUT2D eigenvalue weighted by Crippen LogP contribution is -2.38. The van der Waals surface area contributed by atoms with Crippen molar-refractivity contribution in [2.24, 2.45) is 0 Å². The van der Waals surface area contributed by atoms with Gasteiger partial charge in [0.25, 0.3) is 0 Å². The van der Waals surface area contributed by atoms with E-state index in [4.69, 9.17) is 4.74 Å². The normalized spacial score (nSPS) is 14.5. The number of amides is 3. The summed E-state index contributed by atoms with van der Waals surface area (Å²) in [5.41, 5.74) is 0. The monoisotopic (exact) mass is 401 g/mol. The first-order valence-electron chi connectivity index (χ1n) is 8.53. The van der Waals surface area contributed by atoms with Crippen molar-refractivity contribution in [2.75, 3.05) is 24.2 Å². The number of hydrogen-bond donors (Lipinski definition) is 3. The van der Waals surface area contributed by atoms with Crippen molar-refractivity contribution >= 4 is 46.1 Å². The third-order valence-electron chi connectivity index (χ3n) is 3.63. The van der Waals surface area contributed by atoms with E-state index >= 15 is 0 Å². The number of esters is 1. The van der Waals surface area contributed by atoms with Crippen LogP contribution in [0.2, 0.25) is 0 Å². The Morgan fingerprint density at radius 2 is 2.00 bits per heavy atom. The summed E-state index contributed by atoms with van der Waals surface area (Å²) in [5.74, 6) is -0.678. The van der Waals surface area contributed by atoms with E-state index in [-0.39, 0.29) is 36.9 Å². The van der Waals surface area contributed by atoms with Crippen molar-refractivity contribution in [3.05, 3.63) is 0 Å². The summed E-state index contributed by atoms with van der Waals surface area (Å²) in [6.45, 7) is 1.82. The molecule has 9 nitrogen and oxygen atoms in total. The highest BCUT2D eigenvalue weighted by Gasteiger charge is 2.17. The Morgan fingerprint density at radius 3 is 2.73 bits per heavy atom. The van der Waals surface area contributed by atoms with Gasteiger partial charge in [-0.15, -0.1) is 10.2 Å². The molecule has 26 heavy (non-hydrogen) atoms. The van der Waals surface area contributed by atoms with Crippen LogP contribution in [-0.2, 0) is 14.3 Å². The van der Waals surface area contributed by atoms with Gasteiger partial charge in [0.1, 0.15) is 6.54 Å². The lowest BCUT2D eigenvalue weighted by molar-refractivity contribution is -0.143. The van der Waals surface area contributed by atoms with Crippen LogP contribution < -0.4 is 16.0 Å². The first kappa shape index (κ1) is 20.4. The van der Waals surface area contributed by atoms with E-state index in [0.717, 1.165) is 25.7 Å². The molecule has 0 spiro atoms. The summed E-state index contributed by atoms with van der Waals surface area (Å²) in [4.78, 5) is 34.8. The largest absolute Gasteiger partial charge is 0.465 e. The molecule has 0 atom stereocenters. The Morgan fingerprint density at radius 1 is 1.23 bits per heavy atom. The second-order valence-electron chi connectivity index (χ2n) is 5.68. The average molecular weight is 402 g/mol. The lowest BCUT2D eigenvalue weighted by atomic mass is 9.96. The van der Waals surface area contributed by atoms with Crippen molar-refractivity contribution in [3.8, 4) is 0 Å². The number of nitrogens with one attached hydrogen (secondary N) is 3. The van der Waals surface area contributed by atoms with E-state index in [1.807, 2.05) is 0 Å². The standard InChI is InChI=1S/C15H23N5O4S2/c1-2-24-12(22)8-16-11(21)9-25-15-20-19-14(26-15)18-13(23)17-10-6-4-3-5-7-10/h10H,2-9H2,1H3,(H,16,21)(H2,17,18,19,23). The molecular weight excluding hydrogens is 378 g/mol. The van der Waals surface area contributed by atoms with E-state index in [1.165, 1.54) is 29.5 Å². The van der Waals surface area contributed by atoms with Crippen LogP contribution in [0.25, 0.3) is 0 Å². The van der Waals surface area contributed by atoms with Crippen LogP contribution in [0.5, 0.6) is 0 Å². The molecule has 1 aliphatic carbocycles. The Kier molecular flexibility index (Phi) is 8.62. The summed E-state index contributed by atoms with van der Waals surface area (Å²) in [6.07, 6.45) is 5.52. The number of aromatic nitrogens is 2. The van der Waals surface area contributed by atoms with Crippen molar-refractivity contribution in [3.63, 3.8) is 0 Å². The number of carbonyl (C=O) groups is 3. The molecule has 0 aliphatic heterocycles. The highest BCUT2D eigenvalue weighted by Crippen LogP contribution is 2.25. The van der Waals surface area contributed by atoms with E-state index in [2.05, 4.69) is 26.1 Å². The van der Waals surface area contributed by atoms with Crippen LogP contribution in [-0.4, -0.2) is 53.1 Å². The molecule has 1 fully saturated rings. The topological polar surface area (TPSA) is 122 Å². The van der Waals surface area contributed by atoms with Gasteiger partial charge in [0.2, 0.25) is 11.0 Å². The average Bonchev–Trinajstić information content (AvgIpc) is 3.06. The second kappa shape index (κ2) is 11.0. The summed E-state index contributed by atoms with van der Waals surface area (Å²) in [5, 5.41) is 16.3. The number of hydrogen-bond acceptors (Lipinski definition) is 8. The Balaban J connectivity index is 1.67. The third kappa shape index (κ3) is 7.56. The zero-order valence-corrected chi connectivity index (χ0v) is 16.2. The van der Waals surface area contributed by atoms with Crippen LogP contribution >= 0.6 is 23.1 Å². The van der Waals surface area contributed by atoms with Gasteiger partial charge < -0.3 is 15.4 Å². The number of urea groups is 1. The van der Waals surface area contributed by atoms with Crippen molar-refractivity contribution < 1.29 is 19.1 Å². The Bertz CT molecular complexity index is 619. The molecule has 3 amide bonds. The molecule has 1 aromatic heterocycles. The smallest absolute Gasteiger partial charge is 0.325 e. The van der Waals surface area contributed by atoms with Crippen LogP contribution in [0.4, 0.5) is 9.93 Å². The van der Waals surface area contributed by atoms with Gasteiger partial charge in [-0.2, -0.15) is 0 Å². The molecule has 0 aromatic carbocycles. The van der Waals surface area contributed by atoms with Crippen molar-refractivity contribution in [1.82, 2.24) is 20.8 Å². The van der Waals surface area contributed by atoms with Crippen LogP contribution in [0.3, 0.4) is 0 Å². The van der Waals surface area contributed by atoms with E-state index < -0.39 is 5.97 Å². The van der Waals surface area contributed by atoms with Crippen LogP contribution in [0.15, 0.2) is 4.34 Å². The molecule has 1 heterocycles. The number of nitrogens with zero attached hydrogens (tertiary/aromatic N) is 2. The maximum atomic E-state index is 12.0. The van der Waals surface area contributed by atoms with Gasteiger partial charge in [0, 0.05) is 6.04 Å². The molecule has 144 valence electrons. The third-order valence-corrected chi connectivity index (χ3v) is 5.60. The molecular formula is C15H23N5O4S2. The van der Waals surface area contributed by atoms with Gasteiger partial charge in [0.05, 0.1) is 12.4 Å². The predicted molar refractivity (Wildman–Crippen MR) is 99.3 cm³/mol. The molecule has 3 N–H and O–H groups in total. The number of anilines is 1. The fraction of sp³-hybridized carbons (Fsp3) is 0.667. The molecule has 0 unspecified atom stereocenters. The molecule has 1 aliphatic rings. The molecule has 2 rings (SSSR count). The molecule has 0 radical (unpaired) electrons. The number of ether oxygens (including phenoxy) is 1. The van der Waals surface area contributed by atoms with Gasteiger partial charge in [-0.25, -0.2) is 4.79 Å². The highest BCUT2D eigenvalue weighted by molar-refractivity contribution is 8.01. The molecule has 0 bridgehead atoms. The quantitative estimate of drug-likeness (QED) is 0.345. The van der Waals surface area contributed by atoms with Gasteiger partial charge in [-0.1, -0.05) is 42.4 Å². The predicted octanol–water partition coefficient (Wildman–Crippen LogP) is 1.76. The maximum Gasteiger partial charge on any atom is 0.325 e. The first-order valence-corrected chi connectivity index (χ1v) is 10.3. The molecule has 1 saturated carbocycles. The zero-order chi connectivity index (χ0) is 18.8. The summed E-state index contributed by atoms with van der Waals surface area (Å²) < 4.78 is 5.28. The minimum Gasteiger partial charge on any atom is -0.465 e. The van der Waals surface area contributed by atoms with Gasteiger partial charge >= 0.3 is 12.0 Å². The fourth-order valence-electron chi connectivity index (χ4n) is 2.45. The fourth-order valence-corrected chi connectivity index (χ4v) is 4.02. The van der Waals surface area contributed by atoms with Crippen LogP contribution in [0.1, 0.15) is 39.0 Å². The van der Waals surface area contributed by atoms with Gasteiger partial charge in [0.15, 0.2) is 4.34 Å². The highest BCUT2D eigenvalue weighted by atomic mass is 32.2. The van der Waals surface area contributed by atoms with Gasteiger partial charge in [-0.3, -0.25) is 14.9 Å². The maximum absolute atomic E-state index is 12.0. The van der Waals surface area contributed by atoms with Crippen molar-refractivity contribution in [2.45, 2.75) is 49.4 Å². The second-order valence-corrected chi connectivity index (χ2v) is 7.88. The Labute approximate surface area is 160 Å².